The van der Waals surface area contributed by atoms with Gasteiger partial charge in [0.15, 0.2) is 0 Å². The van der Waals surface area contributed by atoms with E-state index in [2.05, 4.69) is 64.6 Å². The summed E-state index contributed by atoms with van der Waals surface area (Å²) < 4.78 is 7.38. The molecule has 0 saturated heterocycles. The first-order chi connectivity index (χ1) is 10.2. The number of aryl methyl sites for hydroxylation is 1. The predicted molar refractivity (Wildman–Crippen MR) is 89.7 cm³/mol. The highest BCUT2D eigenvalue weighted by Crippen LogP contribution is 2.42. The predicted octanol–water partition coefficient (Wildman–Crippen LogP) is 4.80. The minimum Gasteiger partial charge on any atom is -0.485 e. The zero-order chi connectivity index (χ0) is 14.8. The smallest absolute Gasteiger partial charge is 0.126 e. The number of rotatable bonds is 3. The number of benzene rings is 2. The van der Waals surface area contributed by atoms with E-state index in [0.29, 0.717) is 6.04 Å². The van der Waals surface area contributed by atoms with Gasteiger partial charge in [0.1, 0.15) is 11.9 Å². The first-order valence-corrected chi connectivity index (χ1v) is 8.23. The summed E-state index contributed by atoms with van der Waals surface area (Å²) in [5, 5.41) is 3.42. The molecule has 0 fully saturated rings. The van der Waals surface area contributed by atoms with Gasteiger partial charge in [0, 0.05) is 22.5 Å². The summed E-state index contributed by atoms with van der Waals surface area (Å²) in [6.45, 7) is 2.20. The second-order valence-electron chi connectivity index (χ2n) is 5.42. The number of fused-ring (bicyclic) bond motifs is 1. The Morgan fingerprint density at radius 2 is 2.00 bits per heavy atom. The topological polar surface area (TPSA) is 21.3 Å². The zero-order valence-electron chi connectivity index (χ0n) is 12.4. The maximum atomic E-state index is 6.29. The Labute approximate surface area is 134 Å². The standard InChI is InChI=1S/C18H20BrNO/c1-3-12-6-4-5-7-14(12)18-11-16(20-2)15-10-13(19)8-9-17(15)21-18/h4-10,16,18,20H,3,11H2,1-2H3. The van der Waals surface area contributed by atoms with Crippen molar-refractivity contribution in [2.45, 2.75) is 31.9 Å². The molecule has 2 unspecified atom stereocenters. The second kappa shape index (κ2) is 6.20. The maximum absolute atomic E-state index is 6.29. The summed E-state index contributed by atoms with van der Waals surface area (Å²) in [7, 11) is 2.02. The van der Waals surface area contributed by atoms with Crippen molar-refractivity contribution in [1.29, 1.82) is 0 Å². The third kappa shape index (κ3) is 2.85. The minimum absolute atomic E-state index is 0.118. The molecule has 0 bridgehead atoms. The summed E-state index contributed by atoms with van der Waals surface area (Å²) in [4.78, 5) is 0. The largest absolute Gasteiger partial charge is 0.485 e. The SMILES string of the molecule is CCc1ccccc1C1CC(NC)c2cc(Br)ccc2O1. The van der Waals surface area contributed by atoms with Crippen LogP contribution in [0.4, 0.5) is 0 Å². The van der Waals surface area contributed by atoms with Crippen LogP contribution >= 0.6 is 15.9 Å². The number of halogens is 1. The van der Waals surface area contributed by atoms with E-state index in [0.717, 1.165) is 23.1 Å². The fourth-order valence-corrected chi connectivity index (χ4v) is 3.45. The molecule has 2 aromatic rings. The van der Waals surface area contributed by atoms with Gasteiger partial charge in [-0.2, -0.15) is 0 Å². The lowest BCUT2D eigenvalue weighted by atomic mass is 9.90. The lowest BCUT2D eigenvalue weighted by Gasteiger charge is -2.33. The lowest BCUT2D eigenvalue weighted by molar-refractivity contribution is 0.153. The van der Waals surface area contributed by atoms with Gasteiger partial charge >= 0.3 is 0 Å². The molecule has 0 radical (unpaired) electrons. The van der Waals surface area contributed by atoms with E-state index in [1.54, 1.807) is 0 Å². The van der Waals surface area contributed by atoms with Gasteiger partial charge in [-0.1, -0.05) is 47.1 Å². The van der Waals surface area contributed by atoms with Gasteiger partial charge in [0.05, 0.1) is 0 Å². The van der Waals surface area contributed by atoms with Gasteiger partial charge in [-0.3, -0.25) is 0 Å². The van der Waals surface area contributed by atoms with E-state index in [4.69, 9.17) is 4.74 Å². The molecule has 110 valence electrons. The number of nitrogens with one attached hydrogen (secondary N) is 1. The van der Waals surface area contributed by atoms with Crippen molar-refractivity contribution in [3.63, 3.8) is 0 Å². The van der Waals surface area contributed by atoms with Crippen molar-refractivity contribution in [3.8, 4) is 5.75 Å². The van der Waals surface area contributed by atoms with Crippen LogP contribution in [-0.2, 0) is 6.42 Å². The summed E-state index contributed by atoms with van der Waals surface area (Å²) in [5.41, 5.74) is 3.92. The van der Waals surface area contributed by atoms with Crippen LogP contribution in [0.3, 0.4) is 0 Å². The molecule has 2 atom stereocenters. The quantitative estimate of drug-likeness (QED) is 0.862. The molecule has 0 amide bonds. The molecule has 21 heavy (non-hydrogen) atoms. The number of hydrogen-bond donors (Lipinski definition) is 1. The van der Waals surface area contributed by atoms with Gasteiger partial charge < -0.3 is 10.1 Å². The molecular formula is C18H20BrNO. The Balaban J connectivity index is 1.99. The number of hydrogen-bond acceptors (Lipinski definition) is 2. The Kier molecular flexibility index (Phi) is 4.32. The van der Waals surface area contributed by atoms with Crippen LogP contribution in [-0.4, -0.2) is 7.05 Å². The van der Waals surface area contributed by atoms with Crippen LogP contribution < -0.4 is 10.1 Å². The Morgan fingerprint density at radius 1 is 1.19 bits per heavy atom. The zero-order valence-corrected chi connectivity index (χ0v) is 14.0. The van der Waals surface area contributed by atoms with Crippen LogP contribution in [0.25, 0.3) is 0 Å². The first-order valence-electron chi connectivity index (χ1n) is 7.44. The van der Waals surface area contributed by atoms with E-state index in [-0.39, 0.29) is 6.10 Å². The monoisotopic (exact) mass is 345 g/mol. The van der Waals surface area contributed by atoms with Gasteiger partial charge in [-0.25, -0.2) is 0 Å². The van der Waals surface area contributed by atoms with Crippen LogP contribution in [0.2, 0.25) is 0 Å². The summed E-state index contributed by atoms with van der Waals surface area (Å²) in [5.74, 6) is 0.986. The van der Waals surface area contributed by atoms with Gasteiger partial charge in [-0.15, -0.1) is 0 Å². The highest BCUT2D eigenvalue weighted by molar-refractivity contribution is 9.10. The van der Waals surface area contributed by atoms with Crippen LogP contribution in [0, 0.1) is 0 Å². The van der Waals surface area contributed by atoms with Crippen molar-refractivity contribution in [2.75, 3.05) is 7.05 Å². The van der Waals surface area contributed by atoms with Crippen LogP contribution in [0.1, 0.15) is 42.2 Å². The Hall–Kier alpha value is -1.32. The molecule has 0 aliphatic carbocycles. The molecule has 0 spiro atoms. The average molecular weight is 346 g/mol. The van der Waals surface area contributed by atoms with E-state index < -0.39 is 0 Å². The maximum Gasteiger partial charge on any atom is 0.126 e. The average Bonchev–Trinajstić information content (AvgIpc) is 2.53. The van der Waals surface area contributed by atoms with Crippen molar-refractivity contribution >= 4 is 15.9 Å². The van der Waals surface area contributed by atoms with Crippen molar-refractivity contribution in [1.82, 2.24) is 5.32 Å². The van der Waals surface area contributed by atoms with E-state index in [1.165, 1.54) is 16.7 Å². The second-order valence-corrected chi connectivity index (χ2v) is 6.33. The highest BCUT2D eigenvalue weighted by Gasteiger charge is 2.29. The first kappa shape index (κ1) is 14.6. The van der Waals surface area contributed by atoms with Gasteiger partial charge in [0.2, 0.25) is 0 Å². The van der Waals surface area contributed by atoms with Crippen LogP contribution in [0.15, 0.2) is 46.9 Å². The van der Waals surface area contributed by atoms with E-state index in [9.17, 15) is 0 Å². The fraction of sp³-hybridized carbons (Fsp3) is 0.333. The third-order valence-corrected chi connectivity index (χ3v) is 4.69. The Morgan fingerprint density at radius 3 is 2.76 bits per heavy atom. The van der Waals surface area contributed by atoms with E-state index >= 15 is 0 Å². The molecule has 0 aromatic heterocycles. The minimum atomic E-state index is 0.118. The normalized spacial score (nSPS) is 20.7. The number of ether oxygens (including phenoxy) is 1. The molecule has 3 rings (SSSR count). The molecule has 2 aromatic carbocycles. The molecule has 2 nitrogen and oxygen atoms in total. The van der Waals surface area contributed by atoms with Crippen molar-refractivity contribution in [3.05, 3.63) is 63.6 Å². The van der Waals surface area contributed by atoms with Gasteiger partial charge in [-0.05, 0) is 42.8 Å². The third-order valence-electron chi connectivity index (χ3n) is 4.20. The molecule has 3 heteroatoms. The van der Waals surface area contributed by atoms with Crippen LogP contribution in [0.5, 0.6) is 5.75 Å². The lowest BCUT2D eigenvalue weighted by Crippen LogP contribution is -2.27. The summed E-state index contributed by atoms with van der Waals surface area (Å²) in [6, 6.07) is 15.2. The Bertz CT molecular complexity index is 641. The van der Waals surface area contributed by atoms with Crippen molar-refractivity contribution < 1.29 is 4.74 Å². The molecule has 1 heterocycles. The molecule has 1 N–H and O–H groups in total. The molecule has 0 saturated carbocycles. The highest BCUT2D eigenvalue weighted by atomic mass is 79.9. The summed E-state index contributed by atoms with van der Waals surface area (Å²) in [6.07, 6.45) is 2.11. The molecule has 1 aliphatic rings. The van der Waals surface area contributed by atoms with E-state index in [1.807, 2.05) is 13.1 Å². The van der Waals surface area contributed by atoms with Crippen molar-refractivity contribution in [2.24, 2.45) is 0 Å². The molecule has 1 aliphatic heterocycles. The van der Waals surface area contributed by atoms with Gasteiger partial charge in [0.25, 0.3) is 0 Å². The molecular weight excluding hydrogens is 326 g/mol. The fourth-order valence-electron chi connectivity index (χ4n) is 3.08. The summed E-state index contributed by atoms with van der Waals surface area (Å²) >= 11 is 3.55.